The molecule has 0 radical (unpaired) electrons. The molecule has 1 atom stereocenters. The Labute approximate surface area is 127 Å². The lowest BCUT2D eigenvalue weighted by atomic mass is 9.83. The largest absolute Gasteiger partial charge is 0.475 e. The summed E-state index contributed by atoms with van der Waals surface area (Å²) in [5, 5.41) is 8.86. The maximum absolute atomic E-state index is 12.9. The second-order valence-electron chi connectivity index (χ2n) is 5.41. The van der Waals surface area contributed by atoms with Crippen LogP contribution >= 0.6 is 0 Å². The van der Waals surface area contributed by atoms with Crippen molar-refractivity contribution >= 4 is 23.6 Å². The van der Waals surface area contributed by atoms with E-state index in [1.165, 1.54) is 12.1 Å². The number of hydrogen-bond donors (Lipinski definition) is 1. The maximum Gasteiger partial charge on any atom is 0.372 e. The Morgan fingerprint density at radius 2 is 1.82 bits per heavy atom. The minimum absolute atomic E-state index is 0.269. The van der Waals surface area contributed by atoms with Crippen molar-refractivity contribution in [2.75, 3.05) is 0 Å². The quantitative estimate of drug-likeness (QED) is 0.529. The first-order valence-electron chi connectivity index (χ1n) is 7.26. The highest BCUT2D eigenvalue weighted by molar-refractivity contribution is 6.38. The monoisotopic (exact) mass is 304 g/mol. The van der Waals surface area contributed by atoms with E-state index in [0.29, 0.717) is 24.0 Å². The van der Waals surface area contributed by atoms with E-state index in [1.54, 1.807) is 18.2 Å². The molecule has 1 N–H and O–H groups in total. The number of rotatable bonds is 3. The van der Waals surface area contributed by atoms with Crippen molar-refractivity contribution in [3.8, 4) is 0 Å². The molecule has 5 heteroatoms. The van der Waals surface area contributed by atoms with Gasteiger partial charge in [0.05, 0.1) is 5.92 Å². The second-order valence-corrected chi connectivity index (χ2v) is 5.41. The molecule has 22 heavy (non-hydrogen) atoms. The third-order valence-electron chi connectivity index (χ3n) is 3.81. The van der Waals surface area contributed by atoms with Crippen LogP contribution in [0.2, 0.25) is 0 Å². The van der Waals surface area contributed by atoms with Gasteiger partial charge in [-0.15, -0.1) is 0 Å². The van der Waals surface area contributed by atoms with Crippen LogP contribution in [0.25, 0.3) is 6.08 Å². The Hall–Kier alpha value is -2.30. The molecule has 0 amide bonds. The molecule has 1 aliphatic rings. The number of allylic oxidation sites excluding steroid dienone is 1. The number of carboxylic acid groups (broad SMARTS) is 1. The van der Waals surface area contributed by atoms with E-state index in [9.17, 15) is 18.8 Å². The zero-order chi connectivity index (χ0) is 16.1. The molecule has 1 aliphatic carbocycles. The SMILES string of the molecule is O=C(O)C(=O)C1CCCCC/C(=C\c2ccc(F)cc2)C1=O. The van der Waals surface area contributed by atoms with Crippen LogP contribution in [0.1, 0.15) is 37.7 Å². The fraction of sp³-hybridized carbons (Fsp3) is 0.353. The van der Waals surface area contributed by atoms with Crippen molar-refractivity contribution in [1.82, 2.24) is 0 Å². The van der Waals surface area contributed by atoms with Gasteiger partial charge >= 0.3 is 5.97 Å². The predicted octanol–water partition coefficient (Wildman–Crippen LogP) is 3.01. The third-order valence-corrected chi connectivity index (χ3v) is 3.81. The van der Waals surface area contributed by atoms with Crippen molar-refractivity contribution in [2.24, 2.45) is 5.92 Å². The van der Waals surface area contributed by atoms with Crippen LogP contribution < -0.4 is 0 Å². The number of halogens is 1. The Morgan fingerprint density at radius 3 is 2.45 bits per heavy atom. The van der Waals surface area contributed by atoms with Crippen molar-refractivity contribution in [3.05, 3.63) is 41.2 Å². The standard InChI is InChI=1S/C17H17FO4/c18-13-8-6-11(7-9-13)10-12-4-2-1-3-5-14(15(12)19)16(20)17(21)22/h6-10,14H,1-5H2,(H,21,22)/b12-10+. The summed E-state index contributed by atoms with van der Waals surface area (Å²) in [5.41, 5.74) is 1.10. The highest BCUT2D eigenvalue weighted by atomic mass is 19.1. The van der Waals surface area contributed by atoms with Crippen LogP contribution in [-0.2, 0) is 14.4 Å². The lowest BCUT2D eigenvalue weighted by molar-refractivity contribution is -0.152. The first-order valence-corrected chi connectivity index (χ1v) is 7.26. The van der Waals surface area contributed by atoms with Crippen LogP contribution in [0, 0.1) is 11.7 Å². The number of hydrogen-bond acceptors (Lipinski definition) is 3. The lowest BCUT2D eigenvalue weighted by Gasteiger charge is -2.18. The van der Waals surface area contributed by atoms with Gasteiger partial charge in [0, 0.05) is 0 Å². The molecule has 1 fully saturated rings. The number of Topliss-reactive ketones (excluding diaryl/α,β-unsaturated/α-hetero) is 2. The molecule has 1 aromatic rings. The summed E-state index contributed by atoms with van der Waals surface area (Å²) in [6.07, 6.45) is 4.71. The minimum atomic E-state index is -1.57. The Balaban J connectivity index is 2.30. The normalized spacial score (nSPS) is 21.2. The van der Waals surface area contributed by atoms with Gasteiger partial charge in [-0.25, -0.2) is 9.18 Å². The molecule has 116 valence electrons. The van der Waals surface area contributed by atoms with Gasteiger partial charge in [-0.1, -0.05) is 25.0 Å². The average Bonchev–Trinajstić information content (AvgIpc) is 2.48. The molecule has 1 saturated carbocycles. The summed E-state index contributed by atoms with van der Waals surface area (Å²) in [7, 11) is 0. The molecular formula is C17H17FO4. The molecule has 4 nitrogen and oxygen atoms in total. The van der Waals surface area contributed by atoms with E-state index in [1.807, 2.05) is 0 Å². The fourth-order valence-corrected chi connectivity index (χ4v) is 2.62. The average molecular weight is 304 g/mol. The lowest BCUT2D eigenvalue weighted by Crippen LogP contribution is -2.31. The summed E-state index contributed by atoms with van der Waals surface area (Å²) in [6, 6.07) is 5.67. The Bertz CT molecular complexity index is 616. The van der Waals surface area contributed by atoms with Crippen molar-refractivity contribution in [2.45, 2.75) is 32.1 Å². The van der Waals surface area contributed by atoms with E-state index in [0.717, 1.165) is 12.8 Å². The number of ketones is 2. The van der Waals surface area contributed by atoms with Crippen molar-refractivity contribution in [1.29, 1.82) is 0 Å². The van der Waals surface area contributed by atoms with Crippen molar-refractivity contribution in [3.63, 3.8) is 0 Å². The summed E-state index contributed by atoms with van der Waals surface area (Å²) < 4.78 is 12.9. The van der Waals surface area contributed by atoms with E-state index in [4.69, 9.17) is 5.11 Å². The van der Waals surface area contributed by atoms with Gasteiger partial charge < -0.3 is 5.11 Å². The Kier molecular flexibility index (Phi) is 5.20. The summed E-state index contributed by atoms with van der Waals surface area (Å²) in [5.74, 6) is -4.51. The highest BCUT2D eigenvalue weighted by Crippen LogP contribution is 2.26. The van der Waals surface area contributed by atoms with Crippen molar-refractivity contribution < 1.29 is 23.9 Å². The van der Waals surface area contributed by atoms with E-state index in [-0.39, 0.29) is 12.2 Å². The van der Waals surface area contributed by atoms with Gasteiger partial charge in [-0.2, -0.15) is 0 Å². The van der Waals surface area contributed by atoms with E-state index < -0.39 is 23.5 Å². The maximum atomic E-state index is 12.9. The van der Waals surface area contributed by atoms with Gasteiger partial charge in [0.15, 0.2) is 5.78 Å². The van der Waals surface area contributed by atoms with Crippen LogP contribution in [0.3, 0.4) is 0 Å². The van der Waals surface area contributed by atoms with Gasteiger partial charge in [-0.3, -0.25) is 9.59 Å². The zero-order valence-electron chi connectivity index (χ0n) is 12.0. The minimum Gasteiger partial charge on any atom is -0.475 e. The molecule has 1 unspecified atom stereocenters. The number of carbonyl (C=O) groups excluding carboxylic acids is 2. The van der Waals surface area contributed by atoms with Gasteiger partial charge in [-0.05, 0) is 48.6 Å². The first kappa shape index (κ1) is 16.1. The molecule has 2 rings (SSSR count). The molecule has 0 aliphatic heterocycles. The molecule has 0 spiro atoms. The number of benzene rings is 1. The van der Waals surface area contributed by atoms with Crippen LogP contribution in [0.15, 0.2) is 29.8 Å². The highest BCUT2D eigenvalue weighted by Gasteiger charge is 2.33. The number of aliphatic carboxylic acids is 1. The number of carbonyl (C=O) groups is 3. The predicted molar refractivity (Wildman–Crippen MR) is 78.6 cm³/mol. The van der Waals surface area contributed by atoms with Crippen LogP contribution in [0.4, 0.5) is 4.39 Å². The van der Waals surface area contributed by atoms with Gasteiger partial charge in [0.25, 0.3) is 5.78 Å². The molecule has 0 saturated heterocycles. The van der Waals surface area contributed by atoms with Crippen LogP contribution in [0.5, 0.6) is 0 Å². The molecule has 0 heterocycles. The second kappa shape index (κ2) is 7.11. The molecular weight excluding hydrogens is 287 g/mol. The zero-order valence-corrected chi connectivity index (χ0v) is 12.0. The fourth-order valence-electron chi connectivity index (χ4n) is 2.62. The summed E-state index contributed by atoms with van der Waals surface area (Å²) in [4.78, 5) is 35.1. The Morgan fingerprint density at radius 1 is 1.14 bits per heavy atom. The number of carboxylic acids is 1. The summed E-state index contributed by atoms with van der Waals surface area (Å²) >= 11 is 0. The van der Waals surface area contributed by atoms with Crippen LogP contribution in [-0.4, -0.2) is 22.6 Å². The van der Waals surface area contributed by atoms with Gasteiger partial charge in [0.1, 0.15) is 5.82 Å². The van der Waals surface area contributed by atoms with E-state index in [2.05, 4.69) is 0 Å². The third kappa shape index (κ3) is 3.87. The molecule has 1 aromatic carbocycles. The first-order chi connectivity index (χ1) is 10.5. The molecule has 0 aromatic heterocycles. The molecule has 0 bridgehead atoms. The summed E-state index contributed by atoms with van der Waals surface area (Å²) in [6.45, 7) is 0. The smallest absolute Gasteiger partial charge is 0.372 e. The van der Waals surface area contributed by atoms with E-state index >= 15 is 0 Å². The topological polar surface area (TPSA) is 71.4 Å². The van der Waals surface area contributed by atoms with Gasteiger partial charge in [0.2, 0.25) is 0 Å².